The number of imidazole rings is 1. The van der Waals surface area contributed by atoms with Crippen LogP contribution in [0.3, 0.4) is 0 Å². The standard InChI is InChI=1S/C9H13ClN4O/c10-9-13-6(7(11)15)8(14-9)12-4-3-5-1-2-5/h5,12H,1-4H2,(H2,11,15)(H,13,14). The number of carbonyl (C=O) groups is 1. The highest BCUT2D eigenvalue weighted by molar-refractivity contribution is 6.28. The molecule has 0 bridgehead atoms. The van der Waals surface area contributed by atoms with Crippen molar-refractivity contribution in [2.24, 2.45) is 11.7 Å². The van der Waals surface area contributed by atoms with Gasteiger partial charge >= 0.3 is 0 Å². The number of nitrogens with two attached hydrogens (primary N) is 1. The van der Waals surface area contributed by atoms with Gasteiger partial charge in [-0.15, -0.1) is 0 Å². The third-order valence-corrected chi connectivity index (χ3v) is 2.64. The van der Waals surface area contributed by atoms with Gasteiger partial charge < -0.3 is 16.0 Å². The average molecular weight is 229 g/mol. The Morgan fingerprint density at radius 1 is 1.67 bits per heavy atom. The van der Waals surface area contributed by atoms with Crippen molar-refractivity contribution >= 4 is 23.3 Å². The number of nitrogens with one attached hydrogen (secondary N) is 2. The lowest BCUT2D eigenvalue weighted by Crippen LogP contribution is -2.15. The second-order valence-electron chi connectivity index (χ2n) is 3.77. The molecule has 1 aliphatic carbocycles. The number of primary amides is 1. The largest absolute Gasteiger partial charge is 0.368 e. The first-order chi connectivity index (χ1) is 7.16. The fourth-order valence-corrected chi connectivity index (χ4v) is 1.63. The number of rotatable bonds is 5. The van der Waals surface area contributed by atoms with Crippen molar-refractivity contribution in [2.75, 3.05) is 11.9 Å². The monoisotopic (exact) mass is 228 g/mol. The molecule has 1 saturated carbocycles. The van der Waals surface area contributed by atoms with Crippen LogP contribution >= 0.6 is 11.6 Å². The van der Waals surface area contributed by atoms with Crippen molar-refractivity contribution in [1.82, 2.24) is 9.97 Å². The predicted octanol–water partition coefficient (Wildman–Crippen LogP) is 1.37. The van der Waals surface area contributed by atoms with E-state index in [0.717, 1.165) is 18.9 Å². The van der Waals surface area contributed by atoms with E-state index < -0.39 is 5.91 Å². The van der Waals surface area contributed by atoms with Crippen LogP contribution in [0.1, 0.15) is 29.8 Å². The first-order valence-electron chi connectivity index (χ1n) is 4.96. The number of aromatic amines is 1. The summed E-state index contributed by atoms with van der Waals surface area (Å²) in [6.45, 7) is 0.798. The summed E-state index contributed by atoms with van der Waals surface area (Å²) in [5.41, 5.74) is 5.41. The molecule has 1 amide bonds. The summed E-state index contributed by atoms with van der Waals surface area (Å²) in [6.07, 6.45) is 3.72. The van der Waals surface area contributed by atoms with Crippen molar-refractivity contribution in [3.8, 4) is 0 Å². The molecule has 0 aliphatic heterocycles. The van der Waals surface area contributed by atoms with E-state index >= 15 is 0 Å². The Labute approximate surface area is 92.4 Å². The lowest BCUT2D eigenvalue weighted by atomic mass is 10.3. The quantitative estimate of drug-likeness (QED) is 0.712. The Morgan fingerprint density at radius 3 is 3.00 bits per heavy atom. The summed E-state index contributed by atoms with van der Waals surface area (Å²) in [5.74, 6) is 0.736. The molecule has 0 spiro atoms. The van der Waals surface area contributed by atoms with Gasteiger partial charge in [0.25, 0.3) is 5.91 Å². The van der Waals surface area contributed by atoms with Gasteiger partial charge in [-0.1, -0.05) is 12.8 Å². The van der Waals surface area contributed by atoms with Gasteiger partial charge in [0.15, 0.2) is 5.82 Å². The molecule has 6 heteroatoms. The van der Waals surface area contributed by atoms with Crippen molar-refractivity contribution in [3.05, 3.63) is 11.0 Å². The van der Waals surface area contributed by atoms with Crippen molar-refractivity contribution in [1.29, 1.82) is 0 Å². The van der Waals surface area contributed by atoms with E-state index in [-0.39, 0.29) is 11.0 Å². The lowest BCUT2D eigenvalue weighted by molar-refractivity contribution is 0.0997. The summed E-state index contributed by atoms with van der Waals surface area (Å²) in [5, 5.41) is 3.24. The Bertz CT molecular complexity index is 372. The summed E-state index contributed by atoms with van der Waals surface area (Å²) in [7, 11) is 0. The molecule has 1 aromatic heterocycles. The van der Waals surface area contributed by atoms with Crippen LogP contribution in [0, 0.1) is 5.92 Å². The molecule has 0 radical (unpaired) electrons. The van der Waals surface area contributed by atoms with Gasteiger partial charge in [0, 0.05) is 6.54 Å². The maximum atomic E-state index is 11.0. The van der Waals surface area contributed by atoms with Crippen molar-refractivity contribution < 1.29 is 4.79 Å². The molecule has 1 aliphatic rings. The van der Waals surface area contributed by atoms with E-state index in [2.05, 4.69) is 15.3 Å². The smallest absolute Gasteiger partial charge is 0.269 e. The van der Waals surface area contributed by atoms with Gasteiger partial charge in [-0.2, -0.15) is 0 Å². The normalized spacial score (nSPS) is 15.3. The number of aromatic nitrogens is 2. The molecule has 0 saturated heterocycles. The van der Waals surface area contributed by atoms with E-state index in [0.29, 0.717) is 5.82 Å². The molecule has 0 unspecified atom stereocenters. The SMILES string of the molecule is NC(=O)c1[nH]c(Cl)nc1NCCC1CC1. The number of hydrogen-bond acceptors (Lipinski definition) is 3. The van der Waals surface area contributed by atoms with Crippen LogP contribution < -0.4 is 11.1 Å². The third kappa shape index (κ3) is 2.62. The zero-order chi connectivity index (χ0) is 10.8. The molecule has 5 nitrogen and oxygen atoms in total. The third-order valence-electron chi connectivity index (χ3n) is 2.46. The van der Waals surface area contributed by atoms with Crippen molar-refractivity contribution in [3.63, 3.8) is 0 Å². The Kier molecular flexibility index (Phi) is 2.81. The Morgan fingerprint density at radius 2 is 2.40 bits per heavy atom. The Hall–Kier alpha value is -1.23. The average Bonchev–Trinajstić information content (AvgIpc) is 2.89. The number of halogens is 1. The molecule has 4 N–H and O–H groups in total. The van der Waals surface area contributed by atoms with E-state index in [1.165, 1.54) is 12.8 Å². The maximum Gasteiger partial charge on any atom is 0.269 e. The second-order valence-corrected chi connectivity index (χ2v) is 4.13. The minimum Gasteiger partial charge on any atom is -0.368 e. The van der Waals surface area contributed by atoms with Gasteiger partial charge in [-0.05, 0) is 23.9 Å². The number of hydrogen-bond donors (Lipinski definition) is 3. The van der Waals surface area contributed by atoms with Gasteiger partial charge in [0.1, 0.15) is 5.69 Å². The fraction of sp³-hybridized carbons (Fsp3) is 0.556. The minimum atomic E-state index is -0.552. The summed E-state index contributed by atoms with van der Waals surface area (Å²) < 4.78 is 0. The van der Waals surface area contributed by atoms with Crippen LogP contribution in [-0.2, 0) is 0 Å². The molecule has 0 atom stereocenters. The maximum absolute atomic E-state index is 11.0. The highest BCUT2D eigenvalue weighted by Gasteiger charge is 2.21. The highest BCUT2D eigenvalue weighted by Crippen LogP contribution is 2.32. The topological polar surface area (TPSA) is 83.8 Å². The summed E-state index contributed by atoms with van der Waals surface area (Å²) in [6, 6.07) is 0. The fourth-order valence-electron chi connectivity index (χ4n) is 1.45. The second kappa shape index (κ2) is 4.10. The molecule has 82 valence electrons. The van der Waals surface area contributed by atoms with Crippen LogP contribution in [0.5, 0.6) is 0 Å². The molecule has 1 heterocycles. The number of H-pyrrole nitrogens is 1. The van der Waals surface area contributed by atoms with Gasteiger partial charge in [-0.3, -0.25) is 4.79 Å². The molecular weight excluding hydrogens is 216 g/mol. The van der Waals surface area contributed by atoms with E-state index in [1.807, 2.05) is 0 Å². The first kappa shape index (κ1) is 10.3. The van der Waals surface area contributed by atoms with E-state index in [4.69, 9.17) is 17.3 Å². The number of anilines is 1. The van der Waals surface area contributed by atoms with E-state index in [9.17, 15) is 4.79 Å². The lowest BCUT2D eigenvalue weighted by Gasteiger charge is -2.02. The van der Waals surface area contributed by atoms with Gasteiger partial charge in [0.2, 0.25) is 5.28 Å². The first-order valence-corrected chi connectivity index (χ1v) is 5.34. The molecule has 15 heavy (non-hydrogen) atoms. The molecule has 2 rings (SSSR count). The number of carbonyl (C=O) groups excluding carboxylic acids is 1. The zero-order valence-corrected chi connectivity index (χ0v) is 8.97. The molecular formula is C9H13ClN4O. The van der Waals surface area contributed by atoms with Crippen LogP contribution in [0.4, 0.5) is 5.82 Å². The van der Waals surface area contributed by atoms with Crippen LogP contribution in [0.2, 0.25) is 5.28 Å². The summed E-state index contributed by atoms with van der Waals surface area (Å²) >= 11 is 5.65. The molecule has 1 aromatic rings. The minimum absolute atomic E-state index is 0.178. The van der Waals surface area contributed by atoms with Gasteiger partial charge in [-0.25, -0.2) is 4.98 Å². The molecule has 0 aromatic carbocycles. The van der Waals surface area contributed by atoms with Crippen LogP contribution in [0.25, 0.3) is 0 Å². The Balaban J connectivity index is 1.95. The molecule has 1 fully saturated rings. The predicted molar refractivity (Wildman–Crippen MR) is 57.9 cm³/mol. The van der Waals surface area contributed by atoms with Gasteiger partial charge in [0.05, 0.1) is 0 Å². The van der Waals surface area contributed by atoms with E-state index in [1.54, 1.807) is 0 Å². The van der Waals surface area contributed by atoms with Crippen LogP contribution in [0.15, 0.2) is 0 Å². The number of amides is 1. The summed E-state index contributed by atoms with van der Waals surface area (Å²) in [4.78, 5) is 17.6. The zero-order valence-electron chi connectivity index (χ0n) is 8.22. The van der Waals surface area contributed by atoms with Crippen LogP contribution in [-0.4, -0.2) is 22.4 Å². The van der Waals surface area contributed by atoms with Crippen molar-refractivity contribution in [2.45, 2.75) is 19.3 Å². The highest BCUT2D eigenvalue weighted by atomic mass is 35.5. The number of nitrogens with zero attached hydrogens (tertiary/aromatic N) is 1.